The molecule has 3 heterocycles. The SMILES string of the molecule is C=CCCC(=O)N[C@@H](COC)[C@@H](OC(=O)[C@@H]1[C@H]2C(=O)N([C@@H](CO)C(C)C)[C@H](C(=O)N(CC=C)c3c(C)cccc3Cl)[C@]23CC[C@H]1O3)c1ccccc1. The van der Waals surface area contributed by atoms with E-state index in [0.29, 0.717) is 35.5 Å². The molecule has 0 radical (unpaired) electrons. The van der Waals surface area contributed by atoms with Crippen molar-refractivity contribution in [2.45, 2.75) is 82.4 Å². The van der Waals surface area contributed by atoms with Gasteiger partial charge in [-0.3, -0.25) is 19.2 Å². The van der Waals surface area contributed by atoms with Crippen molar-refractivity contribution in [2.24, 2.45) is 17.8 Å². The van der Waals surface area contributed by atoms with Gasteiger partial charge < -0.3 is 34.4 Å². The van der Waals surface area contributed by atoms with Crippen molar-refractivity contribution < 1.29 is 38.5 Å². The summed E-state index contributed by atoms with van der Waals surface area (Å²) in [4.78, 5) is 60.3. The van der Waals surface area contributed by atoms with Gasteiger partial charge in [0.05, 0.1) is 53.9 Å². The first-order chi connectivity index (χ1) is 24.9. The highest BCUT2D eigenvalue weighted by molar-refractivity contribution is 6.34. The molecule has 0 aromatic heterocycles. The number of aliphatic hydroxyl groups excluding tert-OH is 1. The van der Waals surface area contributed by atoms with Gasteiger partial charge >= 0.3 is 5.97 Å². The van der Waals surface area contributed by atoms with E-state index in [-0.39, 0.29) is 31.4 Å². The van der Waals surface area contributed by atoms with E-state index in [1.165, 1.54) is 16.9 Å². The number of ether oxygens (including phenoxy) is 3. The molecule has 5 rings (SSSR count). The van der Waals surface area contributed by atoms with Gasteiger partial charge in [-0.15, -0.1) is 13.2 Å². The minimum Gasteiger partial charge on any atom is -0.455 e. The maximum absolute atomic E-state index is 15.0. The molecule has 8 atom stereocenters. The molecule has 0 saturated carbocycles. The number of likely N-dealkylation sites (tertiary alicyclic amines) is 1. The third-order valence-electron chi connectivity index (χ3n) is 10.6. The third-order valence-corrected chi connectivity index (χ3v) is 10.9. The monoisotopic (exact) mass is 735 g/mol. The lowest BCUT2D eigenvalue weighted by Crippen LogP contribution is -2.60. The van der Waals surface area contributed by atoms with Gasteiger partial charge in [0.2, 0.25) is 11.8 Å². The number of fused-ring (bicyclic) bond motifs is 1. The average Bonchev–Trinajstić information content (AvgIpc) is 3.77. The van der Waals surface area contributed by atoms with Crippen LogP contribution >= 0.6 is 11.6 Å². The number of aliphatic hydroxyl groups is 1. The molecule has 0 unspecified atom stereocenters. The van der Waals surface area contributed by atoms with E-state index >= 15 is 4.79 Å². The molecule has 280 valence electrons. The summed E-state index contributed by atoms with van der Waals surface area (Å²) in [7, 11) is 1.50. The minimum absolute atomic E-state index is 0.0427. The number of halogens is 1. The molecule has 3 amide bonds. The second kappa shape index (κ2) is 16.8. The van der Waals surface area contributed by atoms with Gasteiger partial charge in [0.15, 0.2) is 0 Å². The van der Waals surface area contributed by atoms with Crippen molar-refractivity contribution in [3.05, 3.63) is 90.0 Å². The first-order valence-electron chi connectivity index (χ1n) is 17.9. The predicted octanol–water partition coefficient (Wildman–Crippen LogP) is 4.94. The Morgan fingerprint density at radius 3 is 2.50 bits per heavy atom. The van der Waals surface area contributed by atoms with Gasteiger partial charge in [-0.2, -0.15) is 0 Å². The number of amides is 3. The van der Waals surface area contributed by atoms with E-state index < -0.39 is 72.2 Å². The smallest absolute Gasteiger partial charge is 0.313 e. The molecule has 1 spiro atoms. The minimum atomic E-state index is -1.37. The molecule has 2 bridgehead atoms. The molecule has 12 heteroatoms. The lowest BCUT2D eigenvalue weighted by atomic mass is 9.70. The first kappa shape index (κ1) is 39.2. The number of anilines is 1. The Morgan fingerprint density at radius 2 is 1.88 bits per heavy atom. The van der Waals surface area contributed by atoms with E-state index in [1.807, 2.05) is 32.9 Å². The lowest BCUT2D eigenvalue weighted by Gasteiger charge is -2.40. The number of aryl methyl sites for hydroxylation is 1. The Hall–Kier alpha value is -4.03. The number of carbonyl (C=O) groups excluding carboxylic acids is 4. The summed E-state index contributed by atoms with van der Waals surface area (Å²) >= 11 is 6.69. The molecular formula is C40H50ClN3O8. The molecule has 3 fully saturated rings. The Labute approximate surface area is 310 Å². The van der Waals surface area contributed by atoms with Crippen molar-refractivity contribution >= 4 is 41.0 Å². The topological polar surface area (TPSA) is 135 Å². The summed E-state index contributed by atoms with van der Waals surface area (Å²) < 4.78 is 18.5. The number of hydrogen-bond donors (Lipinski definition) is 2. The zero-order valence-electron chi connectivity index (χ0n) is 30.3. The molecule has 11 nitrogen and oxygen atoms in total. The first-order valence-corrected chi connectivity index (χ1v) is 18.3. The number of rotatable bonds is 17. The van der Waals surface area contributed by atoms with Crippen LogP contribution in [-0.2, 0) is 33.4 Å². The van der Waals surface area contributed by atoms with Crippen molar-refractivity contribution in [3.63, 3.8) is 0 Å². The summed E-state index contributed by atoms with van der Waals surface area (Å²) in [6.07, 6.45) is 3.00. The van der Waals surface area contributed by atoms with Crippen LogP contribution in [0.1, 0.15) is 56.8 Å². The van der Waals surface area contributed by atoms with Crippen LogP contribution in [0.2, 0.25) is 5.02 Å². The van der Waals surface area contributed by atoms with Gasteiger partial charge in [-0.25, -0.2) is 0 Å². The number of para-hydroxylation sites is 1. The van der Waals surface area contributed by atoms with E-state index in [2.05, 4.69) is 18.5 Å². The molecule has 3 aliphatic rings. The van der Waals surface area contributed by atoms with Crippen molar-refractivity contribution in [1.82, 2.24) is 10.2 Å². The number of benzene rings is 2. The molecule has 3 saturated heterocycles. The van der Waals surface area contributed by atoms with E-state index in [1.54, 1.807) is 48.6 Å². The largest absolute Gasteiger partial charge is 0.455 e. The lowest BCUT2D eigenvalue weighted by molar-refractivity contribution is -0.163. The van der Waals surface area contributed by atoms with Crippen LogP contribution in [0.4, 0.5) is 5.69 Å². The fourth-order valence-corrected chi connectivity index (χ4v) is 8.60. The Morgan fingerprint density at radius 1 is 1.15 bits per heavy atom. The van der Waals surface area contributed by atoms with Gasteiger partial charge in [-0.1, -0.05) is 80.1 Å². The summed E-state index contributed by atoms with van der Waals surface area (Å²) in [6, 6.07) is 11.7. The maximum Gasteiger partial charge on any atom is 0.313 e. The number of carbonyl (C=O) groups is 4. The maximum atomic E-state index is 15.0. The van der Waals surface area contributed by atoms with Crippen molar-refractivity contribution in [3.8, 4) is 0 Å². The van der Waals surface area contributed by atoms with E-state index in [0.717, 1.165) is 5.56 Å². The summed E-state index contributed by atoms with van der Waals surface area (Å²) in [5.41, 5.74) is 0.498. The summed E-state index contributed by atoms with van der Waals surface area (Å²) in [5.74, 6) is -4.17. The van der Waals surface area contributed by atoms with Crippen LogP contribution in [-0.4, -0.2) is 90.4 Å². The second-order valence-electron chi connectivity index (χ2n) is 14.2. The van der Waals surface area contributed by atoms with Crippen LogP contribution in [0.3, 0.4) is 0 Å². The zero-order valence-corrected chi connectivity index (χ0v) is 31.1. The number of nitrogens with one attached hydrogen (secondary N) is 1. The van der Waals surface area contributed by atoms with Gasteiger partial charge in [0, 0.05) is 20.1 Å². The van der Waals surface area contributed by atoms with Gasteiger partial charge in [-0.05, 0) is 49.3 Å². The van der Waals surface area contributed by atoms with E-state index in [4.69, 9.17) is 25.8 Å². The molecular weight excluding hydrogens is 686 g/mol. The highest BCUT2D eigenvalue weighted by Gasteiger charge is 2.76. The summed E-state index contributed by atoms with van der Waals surface area (Å²) in [5, 5.41) is 14.0. The Bertz CT molecular complexity index is 1630. The molecule has 3 aliphatic heterocycles. The van der Waals surface area contributed by atoms with Crippen molar-refractivity contribution in [2.75, 3.05) is 31.8 Å². The quantitative estimate of drug-likeness (QED) is 0.173. The zero-order chi connectivity index (χ0) is 37.7. The fraction of sp³-hybridized carbons (Fsp3) is 0.500. The molecule has 52 heavy (non-hydrogen) atoms. The normalized spacial score (nSPS) is 25.0. The number of esters is 1. The Balaban J connectivity index is 1.55. The number of allylic oxidation sites excluding steroid dienone is 1. The number of nitrogens with zero attached hydrogens (tertiary/aromatic N) is 2. The highest BCUT2D eigenvalue weighted by atomic mass is 35.5. The number of hydrogen-bond acceptors (Lipinski definition) is 8. The Kier molecular flexibility index (Phi) is 12.6. The van der Waals surface area contributed by atoms with Gasteiger partial charge in [0.1, 0.15) is 17.7 Å². The third kappa shape index (κ3) is 7.28. The molecule has 2 aromatic rings. The fourth-order valence-electron chi connectivity index (χ4n) is 8.27. The standard InChI is InChI=1S/C40H50ClN3O8/c1-7-9-18-31(46)42-28(23-50-6)35(26-15-11-10-12-16-26)51-39(49)32-30-19-20-40(52-30)33(32)37(47)44(29(22-45)24(3)4)36(40)38(48)43(21-8-2)34-25(5)14-13-17-27(34)41/h7-8,10-17,24,28-30,32-33,35-36,45H,1-2,9,18-23H2,3-6H3,(H,42,46)/t28-,29-,30+,32-,33-,35-,36+,40-/m0/s1. The van der Waals surface area contributed by atoms with Crippen LogP contribution < -0.4 is 10.2 Å². The van der Waals surface area contributed by atoms with E-state index in [9.17, 15) is 19.5 Å². The second-order valence-corrected chi connectivity index (χ2v) is 14.6. The van der Waals surface area contributed by atoms with Gasteiger partial charge in [0.25, 0.3) is 5.91 Å². The highest BCUT2D eigenvalue weighted by Crippen LogP contribution is 2.60. The van der Waals surface area contributed by atoms with Crippen molar-refractivity contribution in [1.29, 1.82) is 0 Å². The van der Waals surface area contributed by atoms with Crippen LogP contribution in [0.25, 0.3) is 0 Å². The predicted molar refractivity (Wildman–Crippen MR) is 197 cm³/mol. The van der Waals surface area contributed by atoms with Crippen LogP contribution in [0.15, 0.2) is 73.8 Å². The molecule has 2 N–H and O–H groups in total. The molecule has 0 aliphatic carbocycles. The van der Waals surface area contributed by atoms with Crippen LogP contribution in [0, 0.1) is 24.7 Å². The molecule has 2 aromatic carbocycles. The van der Waals surface area contributed by atoms with Crippen LogP contribution in [0.5, 0.6) is 0 Å². The number of methoxy groups -OCH3 is 1. The summed E-state index contributed by atoms with van der Waals surface area (Å²) in [6.45, 7) is 12.9. The average molecular weight is 736 g/mol.